The molecule has 1 aromatic heterocycles. The standard InChI is InChI=1S/C20H23ClN4O2/c21-18-19(23-9-8-22-18)24-12-15-10-16-6-7-17(11-15)25(16)20(26)27-13-14-4-2-1-3-5-14/h1-5,8-9,15-17H,6-7,10-13H2,(H,23,24). The molecule has 2 fully saturated rings. The van der Waals surface area contributed by atoms with Gasteiger partial charge < -0.3 is 15.0 Å². The molecule has 2 atom stereocenters. The molecule has 142 valence electrons. The molecule has 0 radical (unpaired) electrons. The fraction of sp³-hybridized carbons (Fsp3) is 0.450. The van der Waals surface area contributed by atoms with Crippen molar-refractivity contribution in [3.63, 3.8) is 0 Å². The summed E-state index contributed by atoms with van der Waals surface area (Å²) in [6.45, 7) is 1.12. The maximum atomic E-state index is 12.6. The third kappa shape index (κ3) is 4.16. The topological polar surface area (TPSA) is 67.3 Å². The van der Waals surface area contributed by atoms with Crippen molar-refractivity contribution in [2.75, 3.05) is 11.9 Å². The molecule has 2 aliphatic heterocycles. The van der Waals surface area contributed by atoms with Gasteiger partial charge in [0.05, 0.1) is 0 Å². The Balaban J connectivity index is 1.30. The number of nitrogens with zero attached hydrogens (tertiary/aromatic N) is 3. The Morgan fingerprint density at radius 2 is 1.85 bits per heavy atom. The first-order valence-electron chi connectivity index (χ1n) is 9.40. The molecule has 0 aliphatic carbocycles. The summed E-state index contributed by atoms with van der Waals surface area (Å²) in [5, 5.41) is 3.69. The van der Waals surface area contributed by atoms with Crippen LogP contribution >= 0.6 is 11.6 Å². The van der Waals surface area contributed by atoms with Crippen molar-refractivity contribution in [3.05, 3.63) is 53.4 Å². The lowest BCUT2D eigenvalue weighted by Gasteiger charge is -2.38. The minimum atomic E-state index is -0.185. The second-order valence-electron chi connectivity index (χ2n) is 7.25. The zero-order valence-corrected chi connectivity index (χ0v) is 15.8. The summed E-state index contributed by atoms with van der Waals surface area (Å²) in [5.41, 5.74) is 1.01. The minimum absolute atomic E-state index is 0.185. The second kappa shape index (κ2) is 8.13. The molecule has 2 bridgehead atoms. The lowest BCUT2D eigenvalue weighted by Crippen LogP contribution is -2.47. The van der Waals surface area contributed by atoms with Gasteiger partial charge in [0.15, 0.2) is 11.0 Å². The van der Waals surface area contributed by atoms with E-state index in [0.717, 1.165) is 37.8 Å². The largest absolute Gasteiger partial charge is 0.445 e. The molecule has 2 aliphatic rings. The molecule has 2 unspecified atom stereocenters. The van der Waals surface area contributed by atoms with Crippen molar-refractivity contribution in [2.45, 2.75) is 44.4 Å². The number of piperidine rings is 1. The molecule has 1 amide bonds. The Morgan fingerprint density at radius 3 is 2.56 bits per heavy atom. The number of amides is 1. The average Bonchev–Trinajstić information content (AvgIpc) is 2.96. The summed E-state index contributed by atoms with van der Waals surface area (Å²) in [4.78, 5) is 22.8. The van der Waals surface area contributed by atoms with Gasteiger partial charge in [0.2, 0.25) is 0 Å². The number of aromatic nitrogens is 2. The zero-order valence-electron chi connectivity index (χ0n) is 15.1. The average molecular weight is 387 g/mol. The summed E-state index contributed by atoms with van der Waals surface area (Å²) >= 11 is 6.06. The number of fused-ring (bicyclic) bond motifs is 2. The number of benzene rings is 1. The number of carbonyl (C=O) groups is 1. The van der Waals surface area contributed by atoms with Gasteiger partial charge in [0.25, 0.3) is 0 Å². The Labute approximate surface area is 163 Å². The molecular formula is C20H23ClN4O2. The van der Waals surface area contributed by atoms with Crippen LogP contribution in [-0.4, -0.2) is 39.6 Å². The SMILES string of the molecule is O=C(OCc1ccccc1)N1C2CCC1CC(CNc1nccnc1Cl)C2. The molecule has 1 aromatic carbocycles. The first kappa shape index (κ1) is 18.0. The van der Waals surface area contributed by atoms with Crippen LogP contribution in [0.25, 0.3) is 0 Å². The van der Waals surface area contributed by atoms with E-state index in [1.54, 1.807) is 12.4 Å². The predicted molar refractivity (Wildman–Crippen MR) is 104 cm³/mol. The highest BCUT2D eigenvalue weighted by Crippen LogP contribution is 2.39. The molecule has 0 spiro atoms. The van der Waals surface area contributed by atoms with Crippen LogP contribution in [0.4, 0.5) is 10.6 Å². The molecular weight excluding hydrogens is 364 g/mol. The van der Waals surface area contributed by atoms with Crippen molar-refractivity contribution in [1.29, 1.82) is 0 Å². The van der Waals surface area contributed by atoms with Crippen LogP contribution in [0, 0.1) is 5.92 Å². The van der Waals surface area contributed by atoms with Gasteiger partial charge in [-0.15, -0.1) is 0 Å². The fourth-order valence-corrected chi connectivity index (χ4v) is 4.40. The first-order valence-corrected chi connectivity index (χ1v) is 9.78. The molecule has 3 heterocycles. The third-order valence-corrected chi connectivity index (χ3v) is 5.74. The number of rotatable bonds is 5. The Bertz CT molecular complexity index is 775. The number of halogens is 1. The van der Waals surface area contributed by atoms with Gasteiger partial charge in [-0.1, -0.05) is 41.9 Å². The van der Waals surface area contributed by atoms with E-state index in [0.29, 0.717) is 23.5 Å². The molecule has 1 N–H and O–H groups in total. The zero-order chi connectivity index (χ0) is 18.6. The number of hydrogen-bond donors (Lipinski definition) is 1. The first-order chi connectivity index (χ1) is 13.2. The van der Waals surface area contributed by atoms with Crippen LogP contribution in [0.3, 0.4) is 0 Å². The fourth-order valence-electron chi connectivity index (χ4n) is 4.23. The van der Waals surface area contributed by atoms with E-state index in [9.17, 15) is 4.79 Å². The highest BCUT2D eigenvalue weighted by molar-refractivity contribution is 6.31. The van der Waals surface area contributed by atoms with E-state index in [1.807, 2.05) is 35.2 Å². The summed E-state index contributed by atoms with van der Waals surface area (Å²) in [6, 6.07) is 10.3. The molecule has 4 rings (SSSR count). The number of ether oxygens (including phenoxy) is 1. The number of hydrogen-bond acceptors (Lipinski definition) is 5. The second-order valence-corrected chi connectivity index (χ2v) is 7.60. The summed E-state index contributed by atoms with van der Waals surface area (Å²) in [5.74, 6) is 1.11. The Morgan fingerprint density at radius 1 is 1.15 bits per heavy atom. The quantitative estimate of drug-likeness (QED) is 0.837. The van der Waals surface area contributed by atoms with Crippen LogP contribution in [0.15, 0.2) is 42.7 Å². The van der Waals surface area contributed by atoms with Crippen molar-refractivity contribution in [1.82, 2.24) is 14.9 Å². The molecule has 0 saturated carbocycles. The van der Waals surface area contributed by atoms with E-state index in [-0.39, 0.29) is 18.2 Å². The van der Waals surface area contributed by atoms with Crippen molar-refractivity contribution in [2.24, 2.45) is 5.92 Å². The van der Waals surface area contributed by atoms with Crippen LogP contribution in [0.5, 0.6) is 0 Å². The van der Waals surface area contributed by atoms with Crippen LogP contribution in [0.1, 0.15) is 31.2 Å². The third-order valence-electron chi connectivity index (χ3n) is 5.46. The van der Waals surface area contributed by atoms with Crippen molar-refractivity contribution < 1.29 is 9.53 Å². The van der Waals surface area contributed by atoms with Gasteiger partial charge in [-0.25, -0.2) is 14.8 Å². The predicted octanol–water partition coefficient (Wildman–Crippen LogP) is 4.12. The van der Waals surface area contributed by atoms with E-state index in [1.165, 1.54) is 0 Å². The summed E-state index contributed by atoms with van der Waals surface area (Å²) in [6.07, 6.45) is 7.07. The lowest BCUT2D eigenvalue weighted by atomic mass is 9.91. The van der Waals surface area contributed by atoms with Gasteiger partial charge in [0, 0.05) is 31.0 Å². The summed E-state index contributed by atoms with van der Waals surface area (Å²) in [7, 11) is 0. The monoisotopic (exact) mass is 386 g/mol. The molecule has 2 saturated heterocycles. The highest BCUT2D eigenvalue weighted by atomic mass is 35.5. The van der Waals surface area contributed by atoms with Gasteiger partial charge in [-0.2, -0.15) is 0 Å². The smallest absolute Gasteiger partial charge is 0.410 e. The normalized spacial score (nSPS) is 23.9. The maximum Gasteiger partial charge on any atom is 0.410 e. The molecule has 2 aromatic rings. The van der Waals surface area contributed by atoms with Gasteiger partial charge in [-0.3, -0.25) is 0 Å². The Hall–Kier alpha value is -2.34. The number of anilines is 1. The summed E-state index contributed by atoms with van der Waals surface area (Å²) < 4.78 is 5.56. The van der Waals surface area contributed by atoms with Crippen LogP contribution < -0.4 is 5.32 Å². The van der Waals surface area contributed by atoms with E-state index in [4.69, 9.17) is 16.3 Å². The highest BCUT2D eigenvalue weighted by Gasteiger charge is 2.43. The molecule has 6 nitrogen and oxygen atoms in total. The van der Waals surface area contributed by atoms with Crippen LogP contribution in [0.2, 0.25) is 5.15 Å². The van der Waals surface area contributed by atoms with Crippen molar-refractivity contribution in [3.8, 4) is 0 Å². The van der Waals surface area contributed by atoms with E-state index < -0.39 is 0 Å². The minimum Gasteiger partial charge on any atom is -0.445 e. The van der Waals surface area contributed by atoms with Crippen LogP contribution in [-0.2, 0) is 11.3 Å². The van der Waals surface area contributed by atoms with E-state index in [2.05, 4.69) is 15.3 Å². The van der Waals surface area contributed by atoms with Crippen molar-refractivity contribution >= 4 is 23.5 Å². The number of carbonyl (C=O) groups excluding carboxylic acids is 1. The van der Waals surface area contributed by atoms with E-state index >= 15 is 0 Å². The van der Waals surface area contributed by atoms with Gasteiger partial charge >= 0.3 is 6.09 Å². The number of nitrogens with one attached hydrogen (secondary N) is 1. The molecule has 27 heavy (non-hydrogen) atoms. The lowest BCUT2D eigenvalue weighted by molar-refractivity contribution is 0.0546. The Kier molecular flexibility index (Phi) is 5.43. The van der Waals surface area contributed by atoms with Gasteiger partial charge in [0.1, 0.15) is 6.61 Å². The van der Waals surface area contributed by atoms with Gasteiger partial charge in [-0.05, 0) is 37.2 Å². The maximum absolute atomic E-state index is 12.6. The molecule has 7 heteroatoms.